The molecule has 0 unspecified atom stereocenters. The predicted octanol–water partition coefficient (Wildman–Crippen LogP) is 2.91. The third-order valence-corrected chi connectivity index (χ3v) is 2.77. The van der Waals surface area contributed by atoms with Gasteiger partial charge >= 0.3 is 6.18 Å². The summed E-state index contributed by atoms with van der Waals surface area (Å²) >= 11 is 0. The molecule has 0 amide bonds. The molecule has 1 atom stereocenters. The lowest BCUT2D eigenvalue weighted by Crippen LogP contribution is -2.27. The minimum Gasteiger partial charge on any atom is -0.312 e. The zero-order chi connectivity index (χ0) is 11.1. The number of rotatable bonds is 0. The molecule has 1 aromatic carbocycles. The maximum atomic E-state index is 12.5. The zero-order valence-corrected chi connectivity index (χ0v) is 8.36. The number of halogens is 3. The van der Waals surface area contributed by atoms with Crippen LogP contribution in [0.15, 0.2) is 18.2 Å². The first kappa shape index (κ1) is 10.5. The Hall–Kier alpha value is -1.03. The molecule has 0 bridgehead atoms. The number of hydrogen-bond donors (Lipinski definition) is 1. The van der Waals surface area contributed by atoms with Gasteiger partial charge in [0, 0.05) is 13.1 Å². The van der Waals surface area contributed by atoms with Crippen LogP contribution in [0.3, 0.4) is 0 Å². The minimum atomic E-state index is -4.24. The van der Waals surface area contributed by atoms with Gasteiger partial charge in [0.05, 0.1) is 5.56 Å². The first-order chi connectivity index (χ1) is 6.98. The molecule has 0 radical (unpaired) electrons. The highest BCUT2D eigenvalue weighted by Crippen LogP contribution is 2.33. The first-order valence-corrected chi connectivity index (χ1v) is 4.89. The van der Waals surface area contributed by atoms with Gasteiger partial charge in [-0.05, 0) is 29.2 Å². The highest BCUT2D eigenvalue weighted by molar-refractivity contribution is 5.37. The Morgan fingerprint density at radius 3 is 2.73 bits per heavy atom. The van der Waals surface area contributed by atoms with Crippen LogP contribution in [0.1, 0.15) is 29.5 Å². The van der Waals surface area contributed by atoms with Crippen molar-refractivity contribution in [3.05, 3.63) is 34.9 Å². The van der Waals surface area contributed by atoms with Gasteiger partial charge in [0.15, 0.2) is 0 Å². The van der Waals surface area contributed by atoms with Crippen molar-refractivity contribution in [3.63, 3.8) is 0 Å². The summed E-state index contributed by atoms with van der Waals surface area (Å²) in [4.78, 5) is 0. The lowest BCUT2D eigenvalue weighted by molar-refractivity contribution is -0.137. The highest BCUT2D eigenvalue weighted by atomic mass is 19.4. The van der Waals surface area contributed by atoms with Crippen molar-refractivity contribution in [1.82, 2.24) is 5.32 Å². The molecule has 0 fully saturated rings. The topological polar surface area (TPSA) is 12.0 Å². The third-order valence-electron chi connectivity index (χ3n) is 2.77. The van der Waals surface area contributed by atoms with Crippen LogP contribution in [0.2, 0.25) is 0 Å². The van der Waals surface area contributed by atoms with Crippen LogP contribution >= 0.6 is 0 Å². The van der Waals surface area contributed by atoms with Crippen LogP contribution in [0, 0.1) is 0 Å². The average molecular weight is 215 g/mol. The first-order valence-electron chi connectivity index (χ1n) is 4.89. The van der Waals surface area contributed by atoms with E-state index in [0.717, 1.165) is 23.7 Å². The molecule has 2 rings (SSSR count). The molecule has 0 saturated carbocycles. The van der Waals surface area contributed by atoms with E-state index >= 15 is 0 Å². The van der Waals surface area contributed by atoms with Crippen LogP contribution in [-0.2, 0) is 12.7 Å². The minimum absolute atomic E-state index is 0.149. The Bertz CT molecular complexity index is 371. The Morgan fingerprint density at radius 2 is 2.07 bits per heavy atom. The van der Waals surface area contributed by atoms with Gasteiger partial charge in [0.1, 0.15) is 0 Å². The van der Waals surface area contributed by atoms with Crippen molar-refractivity contribution in [1.29, 1.82) is 0 Å². The molecule has 0 spiro atoms. The summed E-state index contributed by atoms with van der Waals surface area (Å²) in [5, 5.41) is 3.17. The van der Waals surface area contributed by atoms with Gasteiger partial charge in [0.25, 0.3) is 0 Å². The monoisotopic (exact) mass is 215 g/mol. The molecule has 0 saturated heterocycles. The third kappa shape index (κ3) is 2.00. The van der Waals surface area contributed by atoms with Gasteiger partial charge in [-0.2, -0.15) is 13.2 Å². The normalized spacial score (nSPS) is 21.2. The van der Waals surface area contributed by atoms with E-state index in [-0.39, 0.29) is 5.92 Å². The largest absolute Gasteiger partial charge is 0.416 e. The van der Waals surface area contributed by atoms with Crippen LogP contribution in [0.25, 0.3) is 0 Å². The van der Waals surface area contributed by atoms with Crippen molar-refractivity contribution in [2.45, 2.75) is 25.6 Å². The van der Waals surface area contributed by atoms with E-state index in [1.54, 1.807) is 6.07 Å². The summed E-state index contributed by atoms with van der Waals surface area (Å²) in [6.45, 7) is 3.34. The summed E-state index contributed by atoms with van der Waals surface area (Å²) in [5.74, 6) is 0.149. The standard InChI is InChI=1S/C11H12F3N/c1-7-5-15-6-8-2-3-9(4-10(7)8)11(12,13)14/h2-4,7,15H,5-6H2,1H3/t7-/m1/s1. The van der Waals surface area contributed by atoms with E-state index in [1.165, 1.54) is 6.07 Å². The van der Waals surface area contributed by atoms with Crippen LogP contribution < -0.4 is 5.32 Å². The maximum absolute atomic E-state index is 12.5. The van der Waals surface area contributed by atoms with E-state index in [2.05, 4.69) is 5.32 Å². The fourth-order valence-corrected chi connectivity index (χ4v) is 1.92. The summed E-state index contributed by atoms with van der Waals surface area (Å²) in [5.41, 5.74) is 1.25. The summed E-state index contributed by atoms with van der Waals surface area (Å²) < 4.78 is 37.4. The molecule has 15 heavy (non-hydrogen) atoms. The van der Waals surface area contributed by atoms with Crippen LogP contribution in [0.4, 0.5) is 13.2 Å². The molecule has 4 heteroatoms. The summed E-state index contributed by atoms with van der Waals surface area (Å²) in [6, 6.07) is 4.00. The molecule has 0 aromatic heterocycles. The Kier molecular flexibility index (Phi) is 2.46. The maximum Gasteiger partial charge on any atom is 0.416 e. The molecule has 1 aromatic rings. The van der Waals surface area contributed by atoms with Gasteiger partial charge in [-0.3, -0.25) is 0 Å². The van der Waals surface area contributed by atoms with Crippen LogP contribution in [-0.4, -0.2) is 6.54 Å². The molecular weight excluding hydrogens is 203 g/mol. The van der Waals surface area contributed by atoms with E-state index < -0.39 is 11.7 Å². The number of nitrogens with one attached hydrogen (secondary N) is 1. The predicted molar refractivity (Wildman–Crippen MR) is 51.6 cm³/mol. The molecule has 1 N–H and O–H groups in total. The lowest BCUT2D eigenvalue weighted by Gasteiger charge is -2.24. The van der Waals surface area contributed by atoms with E-state index in [0.29, 0.717) is 6.54 Å². The summed E-state index contributed by atoms with van der Waals surface area (Å²) in [6.07, 6.45) is -4.24. The second-order valence-corrected chi connectivity index (χ2v) is 3.94. The quantitative estimate of drug-likeness (QED) is 0.701. The second kappa shape index (κ2) is 3.52. The smallest absolute Gasteiger partial charge is 0.312 e. The van der Waals surface area contributed by atoms with Crippen molar-refractivity contribution in [3.8, 4) is 0 Å². The molecule has 82 valence electrons. The number of benzene rings is 1. The van der Waals surface area contributed by atoms with Crippen molar-refractivity contribution >= 4 is 0 Å². The van der Waals surface area contributed by atoms with E-state index in [9.17, 15) is 13.2 Å². The van der Waals surface area contributed by atoms with E-state index in [4.69, 9.17) is 0 Å². The van der Waals surface area contributed by atoms with Crippen molar-refractivity contribution in [2.24, 2.45) is 0 Å². The Balaban J connectivity index is 2.44. The lowest BCUT2D eigenvalue weighted by atomic mass is 9.90. The van der Waals surface area contributed by atoms with Gasteiger partial charge in [-0.15, -0.1) is 0 Å². The van der Waals surface area contributed by atoms with Crippen molar-refractivity contribution in [2.75, 3.05) is 6.54 Å². The van der Waals surface area contributed by atoms with Crippen LogP contribution in [0.5, 0.6) is 0 Å². The van der Waals surface area contributed by atoms with E-state index in [1.807, 2.05) is 6.92 Å². The number of fused-ring (bicyclic) bond motifs is 1. The van der Waals surface area contributed by atoms with Gasteiger partial charge in [-0.1, -0.05) is 13.0 Å². The molecule has 1 heterocycles. The van der Waals surface area contributed by atoms with Crippen molar-refractivity contribution < 1.29 is 13.2 Å². The van der Waals surface area contributed by atoms with Gasteiger partial charge < -0.3 is 5.32 Å². The van der Waals surface area contributed by atoms with Gasteiger partial charge in [-0.25, -0.2) is 0 Å². The highest BCUT2D eigenvalue weighted by Gasteiger charge is 2.31. The SMILES string of the molecule is C[C@@H]1CNCc2ccc(C(F)(F)F)cc21. The zero-order valence-electron chi connectivity index (χ0n) is 8.36. The average Bonchev–Trinajstić information content (AvgIpc) is 2.16. The molecule has 1 aliphatic heterocycles. The Labute approximate surface area is 86.3 Å². The molecule has 1 aliphatic rings. The number of alkyl halides is 3. The second-order valence-electron chi connectivity index (χ2n) is 3.94. The Morgan fingerprint density at radius 1 is 1.33 bits per heavy atom. The summed E-state index contributed by atoms with van der Waals surface area (Å²) in [7, 11) is 0. The fraction of sp³-hybridized carbons (Fsp3) is 0.455. The molecular formula is C11H12F3N. The fourth-order valence-electron chi connectivity index (χ4n) is 1.92. The molecule has 0 aliphatic carbocycles. The molecule has 1 nitrogen and oxygen atoms in total. The van der Waals surface area contributed by atoms with Gasteiger partial charge in [0.2, 0.25) is 0 Å². The number of hydrogen-bond acceptors (Lipinski definition) is 1.